The van der Waals surface area contributed by atoms with Crippen molar-refractivity contribution in [2.75, 3.05) is 13.1 Å². The number of benzene rings is 2. The van der Waals surface area contributed by atoms with E-state index in [0.29, 0.717) is 12.8 Å². The predicted molar refractivity (Wildman–Crippen MR) is 105 cm³/mol. The Labute approximate surface area is 165 Å². The molecule has 0 aromatic heterocycles. The molecule has 0 radical (unpaired) electrons. The van der Waals surface area contributed by atoms with Gasteiger partial charge in [-0.2, -0.15) is 4.31 Å². The third-order valence-electron chi connectivity index (χ3n) is 5.20. The van der Waals surface area contributed by atoms with E-state index in [1.54, 1.807) is 0 Å². The zero-order valence-corrected chi connectivity index (χ0v) is 16.7. The molecule has 7 heteroatoms. The molecule has 1 heterocycles. The van der Waals surface area contributed by atoms with Gasteiger partial charge in [0.05, 0.1) is 10.9 Å². The Bertz CT molecular complexity index is 893. The van der Waals surface area contributed by atoms with Gasteiger partial charge in [0, 0.05) is 19.0 Å². The summed E-state index contributed by atoms with van der Waals surface area (Å²) < 4.78 is 39.8. The van der Waals surface area contributed by atoms with Crippen molar-refractivity contribution in [1.82, 2.24) is 9.62 Å². The molecule has 28 heavy (non-hydrogen) atoms. The first-order chi connectivity index (χ1) is 13.4. The summed E-state index contributed by atoms with van der Waals surface area (Å²) in [4.78, 5) is 12.8. The number of sulfonamides is 1. The molecule has 0 unspecified atom stereocenters. The van der Waals surface area contributed by atoms with Gasteiger partial charge in [-0.05, 0) is 49.1 Å². The molecule has 1 aliphatic rings. The summed E-state index contributed by atoms with van der Waals surface area (Å²) in [5, 5.41) is 3.10. The summed E-state index contributed by atoms with van der Waals surface area (Å²) in [7, 11) is -3.66. The first-order valence-corrected chi connectivity index (χ1v) is 11.0. The number of nitrogens with zero attached hydrogens (tertiary/aromatic N) is 1. The summed E-state index contributed by atoms with van der Waals surface area (Å²) in [5.41, 5.74) is 1.06. The lowest BCUT2D eigenvalue weighted by molar-refractivity contribution is -0.126. The molecular weight excluding hydrogens is 379 g/mol. The van der Waals surface area contributed by atoms with Crippen molar-refractivity contribution >= 4 is 15.9 Å². The van der Waals surface area contributed by atoms with E-state index in [-0.39, 0.29) is 35.9 Å². The first kappa shape index (κ1) is 20.5. The van der Waals surface area contributed by atoms with Gasteiger partial charge in [0.15, 0.2) is 0 Å². The summed E-state index contributed by atoms with van der Waals surface area (Å²) in [6.07, 6.45) is 1.72. The number of carbonyl (C=O) groups is 1. The van der Waals surface area contributed by atoms with Gasteiger partial charge in [-0.3, -0.25) is 4.79 Å². The van der Waals surface area contributed by atoms with Crippen molar-refractivity contribution in [3.63, 3.8) is 0 Å². The minimum Gasteiger partial charge on any atom is -0.349 e. The molecule has 2 aromatic rings. The molecule has 1 fully saturated rings. The largest absolute Gasteiger partial charge is 0.349 e. The van der Waals surface area contributed by atoms with Gasteiger partial charge >= 0.3 is 0 Å². The van der Waals surface area contributed by atoms with E-state index in [9.17, 15) is 17.6 Å². The molecule has 1 N–H and O–H groups in total. The lowest BCUT2D eigenvalue weighted by Crippen LogP contribution is -2.43. The Kier molecular flexibility index (Phi) is 6.46. The van der Waals surface area contributed by atoms with Crippen LogP contribution in [0.3, 0.4) is 0 Å². The van der Waals surface area contributed by atoms with E-state index in [1.807, 2.05) is 37.3 Å². The van der Waals surface area contributed by atoms with E-state index in [2.05, 4.69) is 5.32 Å². The van der Waals surface area contributed by atoms with Crippen LogP contribution in [0, 0.1) is 11.7 Å². The molecule has 150 valence electrons. The Balaban J connectivity index is 1.60. The highest BCUT2D eigenvalue weighted by Crippen LogP contribution is 2.25. The van der Waals surface area contributed by atoms with Crippen LogP contribution in [-0.2, 0) is 14.8 Å². The second-order valence-corrected chi connectivity index (χ2v) is 8.95. The molecule has 2 aromatic carbocycles. The molecule has 1 saturated heterocycles. The molecule has 3 rings (SSSR count). The summed E-state index contributed by atoms with van der Waals surface area (Å²) >= 11 is 0. The van der Waals surface area contributed by atoms with E-state index in [1.165, 1.54) is 16.4 Å². The molecule has 1 amide bonds. The maximum absolute atomic E-state index is 13.1. The minimum atomic E-state index is -3.66. The Hall–Kier alpha value is -2.25. The minimum absolute atomic E-state index is 0.0328. The third kappa shape index (κ3) is 4.59. The van der Waals surface area contributed by atoms with Gasteiger partial charge in [-0.25, -0.2) is 12.8 Å². The number of rotatable bonds is 6. The van der Waals surface area contributed by atoms with E-state index in [0.717, 1.165) is 24.1 Å². The van der Waals surface area contributed by atoms with Crippen molar-refractivity contribution in [3.8, 4) is 0 Å². The predicted octanol–water partition coefficient (Wildman–Crippen LogP) is 3.49. The average Bonchev–Trinajstić information content (AvgIpc) is 2.73. The standard InChI is InChI=1S/C21H25FN2O3S/c1-2-20(16-6-4-3-5-7-16)23-21(25)17-12-14-24(15-13-17)28(26,27)19-10-8-18(22)9-11-19/h3-11,17,20H,2,12-15H2,1H3,(H,23,25)/t20-/m1/s1. The number of carbonyl (C=O) groups excluding carboxylic acids is 1. The highest BCUT2D eigenvalue weighted by atomic mass is 32.2. The molecular formula is C21H25FN2O3S. The van der Waals surface area contributed by atoms with Gasteiger partial charge in [-0.15, -0.1) is 0 Å². The van der Waals surface area contributed by atoms with Crippen molar-refractivity contribution in [2.45, 2.75) is 37.1 Å². The SMILES string of the molecule is CC[C@@H](NC(=O)C1CCN(S(=O)(=O)c2ccc(F)cc2)CC1)c1ccccc1. The fourth-order valence-corrected chi connectivity index (χ4v) is 4.98. The van der Waals surface area contributed by atoms with Gasteiger partial charge < -0.3 is 5.32 Å². The average molecular weight is 405 g/mol. The first-order valence-electron chi connectivity index (χ1n) is 9.53. The van der Waals surface area contributed by atoms with Crippen LogP contribution in [-0.4, -0.2) is 31.7 Å². The lowest BCUT2D eigenvalue weighted by atomic mass is 9.96. The number of halogens is 1. The third-order valence-corrected chi connectivity index (χ3v) is 7.12. The maximum atomic E-state index is 13.1. The van der Waals surface area contributed by atoms with E-state index >= 15 is 0 Å². The van der Waals surface area contributed by atoms with Crippen LogP contribution in [0.1, 0.15) is 37.8 Å². The van der Waals surface area contributed by atoms with Gasteiger partial charge in [0.25, 0.3) is 0 Å². The topological polar surface area (TPSA) is 66.5 Å². The second-order valence-electron chi connectivity index (χ2n) is 7.01. The smallest absolute Gasteiger partial charge is 0.243 e. The van der Waals surface area contributed by atoms with Crippen LogP contribution >= 0.6 is 0 Å². The molecule has 0 bridgehead atoms. The fraction of sp³-hybridized carbons (Fsp3) is 0.381. The van der Waals surface area contributed by atoms with Crippen molar-refractivity contribution in [1.29, 1.82) is 0 Å². The molecule has 0 spiro atoms. The van der Waals surface area contributed by atoms with Crippen molar-refractivity contribution in [3.05, 3.63) is 66.0 Å². The monoisotopic (exact) mass is 404 g/mol. The summed E-state index contributed by atoms with van der Waals surface area (Å²) in [6, 6.07) is 14.6. The van der Waals surface area contributed by atoms with Gasteiger partial charge in [-0.1, -0.05) is 37.3 Å². The highest BCUT2D eigenvalue weighted by Gasteiger charge is 2.32. The number of nitrogens with one attached hydrogen (secondary N) is 1. The second kappa shape index (κ2) is 8.84. The summed E-state index contributed by atoms with van der Waals surface area (Å²) in [5.74, 6) is -0.717. The molecule has 5 nitrogen and oxygen atoms in total. The molecule has 1 aliphatic heterocycles. The zero-order chi connectivity index (χ0) is 20.1. The zero-order valence-electron chi connectivity index (χ0n) is 15.8. The van der Waals surface area contributed by atoms with Gasteiger partial charge in [0.2, 0.25) is 15.9 Å². The number of piperidine rings is 1. The van der Waals surface area contributed by atoms with Crippen molar-refractivity contribution in [2.24, 2.45) is 5.92 Å². The number of hydrogen-bond donors (Lipinski definition) is 1. The fourth-order valence-electron chi connectivity index (χ4n) is 3.51. The Morgan fingerprint density at radius 1 is 1.11 bits per heavy atom. The van der Waals surface area contributed by atoms with Crippen LogP contribution < -0.4 is 5.32 Å². The van der Waals surface area contributed by atoms with Crippen LogP contribution in [0.15, 0.2) is 59.5 Å². The van der Waals surface area contributed by atoms with Gasteiger partial charge in [0.1, 0.15) is 5.82 Å². The normalized spacial score (nSPS) is 17.2. The van der Waals surface area contributed by atoms with Crippen LogP contribution in [0.2, 0.25) is 0 Å². The summed E-state index contributed by atoms with van der Waals surface area (Å²) in [6.45, 7) is 2.58. The highest BCUT2D eigenvalue weighted by molar-refractivity contribution is 7.89. The maximum Gasteiger partial charge on any atom is 0.243 e. The molecule has 1 atom stereocenters. The molecule has 0 aliphatic carbocycles. The van der Waals surface area contributed by atoms with E-state index < -0.39 is 15.8 Å². The Morgan fingerprint density at radius 3 is 2.29 bits per heavy atom. The van der Waals surface area contributed by atoms with Crippen LogP contribution in [0.5, 0.6) is 0 Å². The lowest BCUT2D eigenvalue weighted by Gasteiger charge is -2.31. The number of hydrogen-bond acceptors (Lipinski definition) is 3. The van der Waals surface area contributed by atoms with Crippen molar-refractivity contribution < 1.29 is 17.6 Å². The van der Waals surface area contributed by atoms with E-state index in [4.69, 9.17) is 0 Å². The number of amides is 1. The Morgan fingerprint density at radius 2 is 1.71 bits per heavy atom. The van der Waals surface area contributed by atoms with Crippen LogP contribution in [0.4, 0.5) is 4.39 Å². The van der Waals surface area contributed by atoms with Crippen LogP contribution in [0.25, 0.3) is 0 Å². The quantitative estimate of drug-likeness (QED) is 0.801. The molecule has 0 saturated carbocycles.